The van der Waals surface area contributed by atoms with Crippen LogP contribution in [0.15, 0.2) is 0 Å². The van der Waals surface area contributed by atoms with Gasteiger partial charge in [0.2, 0.25) is 0 Å². The molecule has 0 spiro atoms. The average molecular weight is 172 g/mol. The predicted octanol–water partition coefficient (Wildman–Crippen LogP) is 1.71. The lowest BCUT2D eigenvalue weighted by molar-refractivity contribution is -0.150. The number of carboxylic acids is 1. The Morgan fingerprint density at radius 2 is 1.83 bits per heavy atom. The third-order valence-corrected chi connectivity index (χ3v) is 2.35. The Morgan fingerprint density at radius 1 is 1.42 bits per heavy atom. The van der Waals surface area contributed by atoms with Gasteiger partial charge in [0.1, 0.15) is 11.7 Å². The molecule has 3 nitrogen and oxygen atoms in total. The van der Waals surface area contributed by atoms with E-state index in [2.05, 4.69) is 0 Å². The van der Waals surface area contributed by atoms with Gasteiger partial charge in [0.05, 0.1) is 0 Å². The van der Waals surface area contributed by atoms with E-state index in [9.17, 15) is 9.59 Å². The molecule has 70 valence electrons. The fourth-order valence-corrected chi connectivity index (χ4v) is 1.26. The number of hydrogen-bond acceptors (Lipinski definition) is 2. The molecule has 0 aliphatic rings. The molecule has 0 saturated carbocycles. The van der Waals surface area contributed by atoms with Crippen LogP contribution in [0.5, 0.6) is 0 Å². The summed E-state index contributed by atoms with van der Waals surface area (Å²) in [5, 5.41) is 8.79. The molecule has 1 atom stereocenters. The SMILES string of the molecule is CCC(C)(C)C(C(C)=O)C(=O)O. The van der Waals surface area contributed by atoms with Crippen LogP contribution in [0.2, 0.25) is 0 Å². The summed E-state index contributed by atoms with van der Waals surface area (Å²) in [6.45, 7) is 6.81. The molecule has 0 aliphatic carbocycles. The summed E-state index contributed by atoms with van der Waals surface area (Å²) in [7, 11) is 0. The molecule has 0 aromatic rings. The van der Waals surface area contributed by atoms with Crippen LogP contribution in [0, 0.1) is 11.3 Å². The van der Waals surface area contributed by atoms with Gasteiger partial charge in [-0.25, -0.2) is 0 Å². The zero-order chi connectivity index (χ0) is 9.94. The van der Waals surface area contributed by atoms with Crippen molar-refractivity contribution in [3.8, 4) is 0 Å². The molecule has 3 heteroatoms. The molecule has 0 rings (SSSR count). The van der Waals surface area contributed by atoms with E-state index >= 15 is 0 Å². The first kappa shape index (κ1) is 11.1. The first-order valence-corrected chi connectivity index (χ1v) is 4.06. The number of carbonyl (C=O) groups is 2. The van der Waals surface area contributed by atoms with Gasteiger partial charge in [-0.3, -0.25) is 9.59 Å². The largest absolute Gasteiger partial charge is 0.481 e. The highest BCUT2D eigenvalue weighted by Gasteiger charge is 2.37. The topological polar surface area (TPSA) is 54.4 Å². The third kappa shape index (κ3) is 2.32. The lowest BCUT2D eigenvalue weighted by atomic mass is 9.75. The highest BCUT2D eigenvalue weighted by molar-refractivity contribution is 5.97. The van der Waals surface area contributed by atoms with Crippen LogP contribution in [0.25, 0.3) is 0 Å². The molecule has 0 heterocycles. The number of rotatable bonds is 4. The van der Waals surface area contributed by atoms with Crippen LogP contribution in [0.3, 0.4) is 0 Å². The van der Waals surface area contributed by atoms with Gasteiger partial charge in [-0.05, 0) is 18.8 Å². The number of carboxylic acid groups (broad SMARTS) is 1. The molecule has 0 amide bonds. The first-order valence-electron chi connectivity index (χ1n) is 4.06. The van der Waals surface area contributed by atoms with Crippen LogP contribution in [0.1, 0.15) is 34.1 Å². The standard InChI is InChI=1S/C9H16O3/c1-5-9(3,4)7(6(2)10)8(11)12/h7H,5H2,1-4H3,(H,11,12). The summed E-state index contributed by atoms with van der Waals surface area (Å²) in [6.07, 6.45) is 0.684. The van der Waals surface area contributed by atoms with Gasteiger partial charge in [-0.15, -0.1) is 0 Å². The van der Waals surface area contributed by atoms with Gasteiger partial charge in [0, 0.05) is 0 Å². The molecule has 0 aromatic carbocycles. The van der Waals surface area contributed by atoms with E-state index in [1.54, 1.807) is 13.8 Å². The van der Waals surface area contributed by atoms with Crippen molar-refractivity contribution in [3.63, 3.8) is 0 Å². The van der Waals surface area contributed by atoms with Crippen molar-refractivity contribution in [2.24, 2.45) is 11.3 Å². The Bertz CT molecular complexity index is 180. The van der Waals surface area contributed by atoms with Gasteiger partial charge in [-0.2, -0.15) is 0 Å². The minimum absolute atomic E-state index is 0.269. The number of hydrogen-bond donors (Lipinski definition) is 1. The van der Waals surface area contributed by atoms with Crippen molar-refractivity contribution < 1.29 is 14.7 Å². The maximum absolute atomic E-state index is 11.0. The summed E-state index contributed by atoms with van der Waals surface area (Å²) in [4.78, 5) is 21.7. The summed E-state index contributed by atoms with van der Waals surface area (Å²) >= 11 is 0. The molecule has 0 fully saturated rings. The number of aliphatic carboxylic acids is 1. The molecule has 0 aliphatic heterocycles. The van der Waals surface area contributed by atoms with Crippen molar-refractivity contribution in [1.82, 2.24) is 0 Å². The van der Waals surface area contributed by atoms with Crippen LogP contribution in [0.4, 0.5) is 0 Å². The summed E-state index contributed by atoms with van der Waals surface area (Å²) in [6, 6.07) is 0. The Labute approximate surface area is 72.8 Å². The van der Waals surface area contributed by atoms with Crippen molar-refractivity contribution >= 4 is 11.8 Å². The van der Waals surface area contributed by atoms with Gasteiger partial charge >= 0.3 is 5.97 Å². The van der Waals surface area contributed by atoms with E-state index in [-0.39, 0.29) is 5.78 Å². The maximum Gasteiger partial charge on any atom is 0.314 e. The lowest BCUT2D eigenvalue weighted by Crippen LogP contribution is -2.35. The molecular formula is C9H16O3. The molecule has 0 aromatic heterocycles. The number of Topliss-reactive ketones (excluding diaryl/α,β-unsaturated/α-hetero) is 1. The van der Waals surface area contributed by atoms with Crippen molar-refractivity contribution in [1.29, 1.82) is 0 Å². The van der Waals surface area contributed by atoms with E-state index in [4.69, 9.17) is 5.11 Å². The number of ketones is 1. The van der Waals surface area contributed by atoms with Crippen LogP contribution >= 0.6 is 0 Å². The van der Waals surface area contributed by atoms with Gasteiger partial charge < -0.3 is 5.11 Å². The molecule has 0 radical (unpaired) electrons. The second-order valence-corrected chi connectivity index (χ2v) is 3.72. The molecule has 12 heavy (non-hydrogen) atoms. The molecule has 0 saturated heterocycles. The zero-order valence-electron chi connectivity index (χ0n) is 8.05. The Hall–Kier alpha value is -0.860. The smallest absolute Gasteiger partial charge is 0.314 e. The molecular weight excluding hydrogens is 156 g/mol. The second-order valence-electron chi connectivity index (χ2n) is 3.72. The lowest BCUT2D eigenvalue weighted by Gasteiger charge is -2.27. The van der Waals surface area contributed by atoms with E-state index in [0.717, 1.165) is 0 Å². The van der Waals surface area contributed by atoms with E-state index in [1.165, 1.54) is 6.92 Å². The summed E-state index contributed by atoms with van der Waals surface area (Å²) < 4.78 is 0. The first-order chi connectivity index (χ1) is 5.33. The fraction of sp³-hybridized carbons (Fsp3) is 0.778. The van der Waals surface area contributed by atoms with Crippen LogP contribution < -0.4 is 0 Å². The Kier molecular flexibility index (Phi) is 3.43. The van der Waals surface area contributed by atoms with Crippen LogP contribution in [-0.4, -0.2) is 16.9 Å². The Balaban J connectivity index is 4.74. The normalized spacial score (nSPS) is 14.0. The van der Waals surface area contributed by atoms with Gasteiger partial charge in [0.15, 0.2) is 0 Å². The predicted molar refractivity (Wildman–Crippen MR) is 45.9 cm³/mol. The average Bonchev–Trinajstić information content (AvgIpc) is 1.84. The highest BCUT2D eigenvalue weighted by atomic mass is 16.4. The monoisotopic (exact) mass is 172 g/mol. The minimum atomic E-state index is -1.02. The third-order valence-electron chi connectivity index (χ3n) is 2.35. The van der Waals surface area contributed by atoms with E-state index in [0.29, 0.717) is 6.42 Å². The maximum atomic E-state index is 11.0. The molecule has 1 unspecified atom stereocenters. The van der Waals surface area contributed by atoms with E-state index in [1.807, 2.05) is 6.92 Å². The molecule has 1 N–H and O–H groups in total. The Morgan fingerprint density at radius 3 is 1.92 bits per heavy atom. The summed E-state index contributed by atoms with van der Waals surface area (Å²) in [5.74, 6) is -2.16. The van der Waals surface area contributed by atoms with Crippen molar-refractivity contribution in [2.45, 2.75) is 34.1 Å². The molecule has 0 bridgehead atoms. The van der Waals surface area contributed by atoms with E-state index < -0.39 is 17.3 Å². The van der Waals surface area contributed by atoms with Crippen LogP contribution in [-0.2, 0) is 9.59 Å². The minimum Gasteiger partial charge on any atom is -0.481 e. The quantitative estimate of drug-likeness (QED) is 0.657. The number of carbonyl (C=O) groups excluding carboxylic acids is 1. The fourth-order valence-electron chi connectivity index (χ4n) is 1.26. The zero-order valence-corrected chi connectivity index (χ0v) is 8.05. The van der Waals surface area contributed by atoms with Crippen molar-refractivity contribution in [2.75, 3.05) is 0 Å². The second kappa shape index (κ2) is 3.70. The summed E-state index contributed by atoms with van der Waals surface area (Å²) in [5.41, 5.74) is -0.447. The van der Waals surface area contributed by atoms with Gasteiger partial charge in [0.25, 0.3) is 0 Å². The van der Waals surface area contributed by atoms with Gasteiger partial charge in [-0.1, -0.05) is 20.8 Å². The highest BCUT2D eigenvalue weighted by Crippen LogP contribution is 2.31. The van der Waals surface area contributed by atoms with Crippen molar-refractivity contribution in [3.05, 3.63) is 0 Å².